The van der Waals surface area contributed by atoms with E-state index in [1.807, 2.05) is 6.92 Å². The molecular weight excluding hydrogens is 223 g/mol. The number of aryl methyl sites for hydroxylation is 1. The van der Waals surface area contributed by atoms with Crippen LogP contribution in [0.4, 0.5) is 0 Å². The number of hydrogen-bond acceptors (Lipinski definition) is 3. The Balaban J connectivity index is 2.52. The van der Waals surface area contributed by atoms with Crippen molar-refractivity contribution >= 4 is 23.2 Å². The summed E-state index contributed by atoms with van der Waals surface area (Å²) < 4.78 is 5.05. The minimum Gasteiger partial charge on any atom is -0.356 e. The first-order valence-corrected chi connectivity index (χ1v) is 4.68. The van der Waals surface area contributed by atoms with Crippen molar-refractivity contribution in [3.63, 3.8) is 0 Å². The number of pyridine rings is 1. The molecule has 3 nitrogen and oxygen atoms in total. The molecule has 0 unspecified atom stereocenters. The summed E-state index contributed by atoms with van der Waals surface area (Å²) in [6.07, 6.45) is 0. The fraction of sp³-hybridized carbons (Fsp3) is 0.111. The van der Waals surface area contributed by atoms with Crippen molar-refractivity contribution in [2.45, 2.75) is 6.92 Å². The first-order valence-electron chi connectivity index (χ1n) is 3.92. The molecule has 0 atom stereocenters. The summed E-state index contributed by atoms with van der Waals surface area (Å²) in [5.41, 5.74) is 1.49. The first-order chi connectivity index (χ1) is 6.66. The molecule has 0 N–H and O–H groups in total. The van der Waals surface area contributed by atoms with E-state index in [0.717, 1.165) is 5.69 Å². The largest absolute Gasteiger partial charge is 0.356 e. The van der Waals surface area contributed by atoms with E-state index in [1.54, 1.807) is 18.2 Å². The zero-order valence-electron chi connectivity index (χ0n) is 7.29. The maximum absolute atomic E-state index is 5.89. The Morgan fingerprint density at radius 2 is 2.07 bits per heavy atom. The molecule has 2 aromatic heterocycles. The van der Waals surface area contributed by atoms with E-state index in [2.05, 4.69) is 10.1 Å². The number of nitrogens with zero attached hydrogens (tertiary/aromatic N) is 2. The Hall–Kier alpha value is -1.06. The number of hydrogen-bond donors (Lipinski definition) is 0. The fourth-order valence-electron chi connectivity index (χ4n) is 1.09. The smallest absolute Gasteiger partial charge is 0.170 e. The lowest BCUT2D eigenvalue weighted by molar-refractivity contribution is 0.427. The number of aromatic nitrogens is 2. The molecule has 0 saturated heterocycles. The lowest BCUT2D eigenvalue weighted by Gasteiger charge is -1.97. The number of halogens is 2. The van der Waals surface area contributed by atoms with Gasteiger partial charge in [0.25, 0.3) is 0 Å². The third kappa shape index (κ3) is 1.74. The Kier molecular flexibility index (Phi) is 2.44. The highest BCUT2D eigenvalue weighted by Crippen LogP contribution is 2.27. The Morgan fingerprint density at radius 1 is 1.29 bits per heavy atom. The van der Waals surface area contributed by atoms with Crippen LogP contribution in [0, 0.1) is 6.92 Å². The lowest BCUT2D eigenvalue weighted by Crippen LogP contribution is -1.81. The second kappa shape index (κ2) is 3.59. The molecule has 0 aromatic carbocycles. The van der Waals surface area contributed by atoms with Crippen LogP contribution in [0.3, 0.4) is 0 Å². The Morgan fingerprint density at radius 3 is 2.64 bits per heavy atom. The van der Waals surface area contributed by atoms with Crippen LogP contribution >= 0.6 is 23.2 Å². The SMILES string of the molecule is Cc1cc(-c2ccc(Cl)nc2Cl)on1. The normalized spacial score (nSPS) is 10.5. The van der Waals surface area contributed by atoms with Gasteiger partial charge in [0, 0.05) is 6.07 Å². The monoisotopic (exact) mass is 228 g/mol. The molecule has 0 saturated carbocycles. The van der Waals surface area contributed by atoms with Gasteiger partial charge in [0.1, 0.15) is 10.3 Å². The zero-order valence-corrected chi connectivity index (χ0v) is 8.80. The molecule has 2 heterocycles. The van der Waals surface area contributed by atoms with Crippen molar-refractivity contribution < 1.29 is 4.52 Å². The fourth-order valence-corrected chi connectivity index (χ4v) is 1.52. The van der Waals surface area contributed by atoms with Gasteiger partial charge in [-0.3, -0.25) is 0 Å². The van der Waals surface area contributed by atoms with E-state index in [9.17, 15) is 0 Å². The van der Waals surface area contributed by atoms with Crippen LogP contribution in [-0.2, 0) is 0 Å². The Labute approximate surface area is 90.6 Å². The molecule has 0 aliphatic rings. The van der Waals surface area contributed by atoms with Crippen molar-refractivity contribution in [1.82, 2.24) is 10.1 Å². The summed E-state index contributed by atoms with van der Waals surface area (Å²) in [4.78, 5) is 3.90. The molecule has 0 spiro atoms. The second-order valence-electron chi connectivity index (χ2n) is 2.80. The zero-order chi connectivity index (χ0) is 10.1. The van der Waals surface area contributed by atoms with Gasteiger partial charge in [0.05, 0.1) is 11.3 Å². The molecule has 2 rings (SSSR count). The minimum atomic E-state index is 0.314. The molecule has 0 bridgehead atoms. The van der Waals surface area contributed by atoms with Gasteiger partial charge >= 0.3 is 0 Å². The van der Waals surface area contributed by atoms with Crippen molar-refractivity contribution in [3.8, 4) is 11.3 Å². The van der Waals surface area contributed by atoms with Gasteiger partial charge in [-0.1, -0.05) is 28.4 Å². The molecule has 72 valence electrons. The standard InChI is InChI=1S/C9H6Cl2N2O/c1-5-4-7(14-13-5)6-2-3-8(10)12-9(6)11/h2-4H,1H3. The maximum atomic E-state index is 5.89. The van der Waals surface area contributed by atoms with Crippen molar-refractivity contribution in [3.05, 3.63) is 34.2 Å². The van der Waals surface area contributed by atoms with E-state index in [0.29, 0.717) is 21.6 Å². The van der Waals surface area contributed by atoms with Gasteiger partial charge in [-0.2, -0.15) is 0 Å². The van der Waals surface area contributed by atoms with E-state index in [4.69, 9.17) is 27.7 Å². The summed E-state index contributed by atoms with van der Waals surface area (Å²) >= 11 is 11.6. The highest BCUT2D eigenvalue weighted by molar-refractivity contribution is 6.34. The average Bonchev–Trinajstić information content (AvgIpc) is 2.51. The van der Waals surface area contributed by atoms with Crippen LogP contribution < -0.4 is 0 Å². The maximum Gasteiger partial charge on any atom is 0.170 e. The molecule has 5 heteroatoms. The topological polar surface area (TPSA) is 38.9 Å². The average molecular weight is 229 g/mol. The van der Waals surface area contributed by atoms with Crippen molar-refractivity contribution in [2.75, 3.05) is 0 Å². The summed E-state index contributed by atoms with van der Waals surface area (Å²) in [6.45, 7) is 1.84. The van der Waals surface area contributed by atoms with Crippen molar-refractivity contribution in [2.24, 2.45) is 0 Å². The van der Waals surface area contributed by atoms with E-state index >= 15 is 0 Å². The predicted molar refractivity (Wildman–Crippen MR) is 54.5 cm³/mol. The van der Waals surface area contributed by atoms with Crippen LogP contribution in [-0.4, -0.2) is 10.1 Å². The molecule has 2 aromatic rings. The highest BCUT2D eigenvalue weighted by atomic mass is 35.5. The second-order valence-corrected chi connectivity index (χ2v) is 3.55. The first kappa shape index (κ1) is 9.49. The summed E-state index contributed by atoms with van der Waals surface area (Å²) in [5, 5.41) is 4.43. The van der Waals surface area contributed by atoms with E-state index in [-0.39, 0.29) is 0 Å². The summed E-state index contributed by atoms with van der Waals surface area (Å²) in [7, 11) is 0. The van der Waals surface area contributed by atoms with E-state index < -0.39 is 0 Å². The third-order valence-corrected chi connectivity index (χ3v) is 2.21. The minimum absolute atomic E-state index is 0.314. The predicted octanol–water partition coefficient (Wildman–Crippen LogP) is 3.35. The Bertz CT molecular complexity index is 468. The van der Waals surface area contributed by atoms with Gasteiger partial charge in [-0.15, -0.1) is 0 Å². The van der Waals surface area contributed by atoms with Gasteiger partial charge in [-0.25, -0.2) is 4.98 Å². The van der Waals surface area contributed by atoms with Crippen LogP contribution in [0.1, 0.15) is 5.69 Å². The molecule has 0 aliphatic carbocycles. The highest BCUT2D eigenvalue weighted by Gasteiger charge is 2.09. The van der Waals surface area contributed by atoms with E-state index in [1.165, 1.54) is 0 Å². The van der Waals surface area contributed by atoms with Gasteiger partial charge < -0.3 is 4.52 Å². The molecular formula is C9H6Cl2N2O. The van der Waals surface area contributed by atoms with Gasteiger partial charge in [-0.05, 0) is 19.1 Å². The molecule has 0 amide bonds. The van der Waals surface area contributed by atoms with Gasteiger partial charge in [0.15, 0.2) is 5.76 Å². The van der Waals surface area contributed by atoms with Crippen LogP contribution in [0.25, 0.3) is 11.3 Å². The summed E-state index contributed by atoms with van der Waals surface area (Å²) in [6, 6.07) is 5.19. The lowest BCUT2D eigenvalue weighted by atomic mass is 10.2. The quantitative estimate of drug-likeness (QED) is 0.703. The van der Waals surface area contributed by atoms with Crippen molar-refractivity contribution in [1.29, 1.82) is 0 Å². The molecule has 14 heavy (non-hydrogen) atoms. The van der Waals surface area contributed by atoms with Crippen LogP contribution in [0.15, 0.2) is 22.7 Å². The van der Waals surface area contributed by atoms with Crippen LogP contribution in [0.2, 0.25) is 10.3 Å². The third-order valence-electron chi connectivity index (χ3n) is 1.71. The summed E-state index contributed by atoms with van der Waals surface area (Å²) in [5.74, 6) is 0.594. The van der Waals surface area contributed by atoms with Crippen LogP contribution in [0.5, 0.6) is 0 Å². The van der Waals surface area contributed by atoms with Gasteiger partial charge in [0.2, 0.25) is 0 Å². The number of rotatable bonds is 1. The molecule has 0 fully saturated rings. The molecule has 0 aliphatic heterocycles. The molecule has 0 radical (unpaired) electrons.